The predicted molar refractivity (Wildman–Crippen MR) is 51.6 cm³/mol. The van der Waals surface area contributed by atoms with Crippen molar-refractivity contribution in [3.05, 3.63) is 24.0 Å². The maximum atomic E-state index is 4.27. The van der Waals surface area contributed by atoms with E-state index in [2.05, 4.69) is 20.3 Å². The highest BCUT2D eigenvalue weighted by Gasteiger charge is 2.02. The van der Waals surface area contributed by atoms with Gasteiger partial charge >= 0.3 is 0 Å². The molecule has 0 aliphatic heterocycles. The molecular formula is C9H10N4. The first kappa shape index (κ1) is 7.91. The third-order valence-electron chi connectivity index (χ3n) is 1.85. The fourth-order valence-electron chi connectivity index (χ4n) is 1.23. The van der Waals surface area contributed by atoms with Gasteiger partial charge in [0, 0.05) is 13.2 Å². The van der Waals surface area contributed by atoms with Crippen LogP contribution in [0.3, 0.4) is 0 Å². The molecule has 0 fully saturated rings. The highest BCUT2D eigenvalue weighted by molar-refractivity contribution is 5.77. The average Bonchev–Trinajstić information content (AvgIpc) is 2.18. The quantitative estimate of drug-likeness (QED) is 0.709. The van der Waals surface area contributed by atoms with Gasteiger partial charge in [0.15, 0.2) is 0 Å². The van der Waals surface area contributed by atoms with E-state index >= 15 is 0 Å². The summed E-state index contributed by atoms with van der Waals surface area (Å²) in [7, 11) is 1.80. The van der Waals surface area contributed by atoms with E-state index in [0.29, 0.717) is 5.95 Å². The van der Waals surface area contributed by atoms with Crippen LogP contribution in [0.1, 0.15) is 5.69 Å². The van der Waals surface area contributed by atoms with Crippen LogP contribution in [0.5, 0.6) is 0 Å². The van der Waals surface area contributed by atoms with E-state index in [4.69, 9.17) is 0 Å². The van der Waals surface area contributed by atoms with Crippen LogP contribution in [-0.4, -0.2) is 22.0 Å². The molecule has 0 spiro atoms. The average molecular weight is 174 g/mol. The van der Waals surface area contributed by atoms with Crippen LogP contribution in [0.2, 0.25) is 0 Å². The Morgan fingerprint density at radius 3 is 2.92 bits per heavy atom. The summed E-state index contributed by atoms with van der Waals surface area (Å²) in [6, 6.07) is 3.80. The molecule has 0 unspecified atom stereocenters. The van der Waals surface area contributed by atoms with Crippen molar-refractivity contribution in [1.82, 2.24) is 15.0 Å². The van der Waals surface area contributed by atoms with Crippen molar-refractivity contribution in [1.29, 1.82) is 0 Å². The molecule has 0 aromatic carbocycles. The Labute approximate surface area is 76.1 Å². The van der Waals surface area contributed by atoms with E-state index in [1.54, 1.807) is 13.2 Å². The minimum absolute atomic E-state index is 0.637. The lowest BCUT2D eigenvalue weighted by molar-refractivity contribution is 1.12. The fourth-order valence-corrected chi connectivity index (χ4v) is 1.23. The number of nitrogens with one attached hydrogen (secondary N) is 1. The van der Waals surface area contributed by atoms with E-state index < -0.39 is 0 Å². The summed E-state index contributed by atoms with van der Waals surface area (Å²) < 4.78 is 0. The highest BCUT2D eigenvalue weighted by atomic mass is 15.1. The molecule has 2 aromatic rings. The maximum absolute atomic E-state index is 4.27. The molecule has 0 aliphatic carbocycles. The Bertz CT molecular complexity index is 439. The molecule has 13 heavy (non-hydrogen) atoms. The third kappa shape index (κ3) is 1.30. The molecule has 0 amide bonds. The van der Waals surface area contributed by atoms with Gasteiger partial charge in [0.1, 0.15) is 5.52 Å². The van der Waals surface area contributed by atoms with Gasteiger partial charge in [-0.2, -0.15) is 0 Å². The second-order valence-corrected chi connectivity index (χ2v) is 2.75. The standard InChI is InChI=1S/C9H10N4/c1-6-8-7(4-3-5-11-8)13-9(10-2)12-6/h3-5H,1-2H3,(H,10,12,13). The first-order chi connectivity index (χ1) is 6.31. The summed E-state index contributed by atoms with van der Waals surface area (Å²) in [6.45, 7) is 1.93. The Hall–Kier alpha value is -1.71. The van der Waals surface area contributed by atoms with Gasteiger partial charge in [0.05, 0.1) is 11.2 Å². The lowest BCUT2D eigenvalue weighted by Crippen LogP contribution is -1.99. The largest absolute Gasteiger partial charge is 0.357 e. The van der Waals surface area contributed by atoms with Crippen LogP contribution in [0.15, 0.2) is 18.3 Å². The number of nitrogens with zero attached hydrogens (tertiary/aromatic N) is 3. The summed E-state index contributed by atoms with van der Waals surface area (Å²) in [5, 5.41) is 2.91. The van der Waals surface area contributed by atoms with Crippen molar-refractivity contribution in [2.75, 3.05) is 12.4 Å². The molecule has 4 heteroatoms. The molecule has 0 radical (unpaired) electrons. The van der Waals surface area contributed by atoms with Gasteiger partial charge in [-0.05, 0) is 19.1 Å². The number of rotatable bonds is 1. The second kappa shape index (κ2) is 2.97. The highest BCUT2D eigenvalue weighted by Crippen LogP contribution is 2.13. The molecule has 0 aliphatic rings. The maximum Gasteiger partial charge on any atom is 0.223 e. The van der Waals surface area contributed by atoms with Gasteiger partial charge in [-0.25, -0.2) is 9.97 Å². The second-order valence-electron chi connectivity index (χ2n) is 2.75. The minimum atomic E-state index is 0.637. The van der Waals surface area contributed by atoms with Crippen LogP contribution < -0.4 is 5.32 Å². The zero-order valence-electron chi connectivity index (χ0n) is 7.57. The van der Waals surface area contributed by atoms with Gasteiger partial charge in [-0.15, -0.1) is 0 Å². The first-order valence-corrected chi connectivity index (χ1v) is 4.08. The zero-order valence-corrected chi connectivity index (χ0v) is 7.57. The normalized spacial score (nSPS) is 10.3. The number of pyridine rings is 1. The van der Waals surface area contributed by atoms with Crippen LogP contribution in [0.25, 0.3) is 11.0 Å². The van der Waals surface area contributed by atoms with Gasteiger partial charge in [0.2, 0.25) is 5.95 Å². The topological polar surface area (TPSA) is 50.7 Å². The predicted octanol–water partition coefficient (Wildman–Crippen LogP) is 1.37. The van der Waals surface area contributed by atoms with Crippen LogP contribution in [0, 0.1) is 6.92 Å². The van der Waals surface area contributed by atoms with E-state index in [1.807, 2.05) is 19.1 Å². The molecule has 2 aromatic heterocycles. The lowest BCUT2D eigenvalue weighted by atomic mass is 10.3. The van der Waals surface area contributed by atoms with Crippen molar-refractivity contribution in [2.45, 2.75) is 6.92 Å². The van der Waals surface area contributed by atoms with E-state index in [-0.39, 0.29) is 0 Å². The summed E-state index contributed by atoms with van der Waals surface area (Å²) in [6.07, 6.45) is 1.75. The van der Waals surface area contributed by atoms with Crippen molar-refractivity contribution >= 4 is 17.0 Å². The number of hydrogen-bond donors (Lipinski definition) is 1. The van der Waals surface area contributed by atoms with E-state index in [0.717, 1.165) is 16.7 Å². The molecule has 2 rings (SSSR count). The smallest absolute Gasteiger partial charge is 0.223 e. The van der Waals surface area contributed by atoms with E-state index in [1.165, 1.54) is 0 Å². The summed E-state index contributed by atoms with van der Waals surface area (Å²) in [4.78, 5) is 12.7. The number of hydrogen-bond acceptors (Lipinski definition) is 4. The zero-order chi connectivity index (χ0) is 9.26. The number of anilines is 1. The minimum Gasteiger partial charge on any atom is -0.357 e. The molecule has 1 N–H and O–H groups in total. The summed E-state index contributed by atoms with van der Waals surface area (Å²) in [5.41, 5.74) is 2.64. The number of fused-ring (bicyclic) bond motifs is 1. The number of aryl methyl sites for hydroxylation is 1. The SMILES string of the molecule is CNc1nc(C)c2ncccc2n1. The Kier molecular flexibility index (Phi) is 1.81. The van der Waals surface area contributed by atoms with Crippen molar-refractivity contribution in [2.24, 2.45) is 0 Å². The molecule has 0 bridgehead atoms. The monoisotopic (exact) mass is 174 g/mol. The third-order valence-corrected chi connectivity index (χ3v) is 1.85. The number of aromatic nitrogens is 3. The summed E-state index contributed by atoms with van der Waals surface area (Å²) in [5.74, 6) is 0.637. The lowest BCUT2D eigenvalue weighted by Gasteiger charge is -2.02. The van der Waals surface area contributed by atoms with E-state index in [9.17, 15) is 0 Å². The molecule has 66 valence electrons. The molecule has 4 nitrogen and oxygen atoms in total. The Morgan fingerprint density at radius 1 is 1.31 bits per heavy atom. The Morgan fingerprint density at radius 2 is 2.15 bits per heavy atom. The molecule has 0 atom stereocenters. The van der Waals surface area contributed by atoms with Gasteiger partial charge in [0.25, 0.3) is 0 Å². The van der Waals surface area contributed by atoms with Gasteiger partial charge < -0.3 is 5.32 Å². The van der Waals surface area contributed by atoms with Crippen LogP contribution in [-0.2, 0) is 0 Å². The van der Waals surface area contributed by atoms with Crippen molar-refractivity contribution < 1.29 is 0 Å². The van der Waals surface area contributed by atoms with Crippen LogP contribution in [0.4, 0.5) is 5.95 Å². The molecular weight excluding hydrogens is 164 g/mol. The molecule has 0 saturated carbocycles. The van der Waals surface area contributed by atoms with Gasteiger partial charge in [-0.3, -0.25) is 4.98 Å². The summed E-state index contributed by atoms with van der Waals surface area (Å²) >= 11 is 0. The fraction of sp³-hybridized carbons (Fsp3) is 0.222. The Balaban J connectivity index is 2.77. The molecule has 0 saturated heterocycles. The first-order valence-electron chi connectivity index (χ1n) is 4.08. The van der Waals surface area contributed by atoms with Gasteiger partial charge in [-0.1, -0.05) is 0 Å². The van der Waals surface area contributed by atoms with Crippen molar-refractivity contribution in [3.8, 4) is 0 Å². The molecule has 2 heterocycles. The van der Waals surface area contributed by atoms with Crippen LogP contribution >= 0.6 is 0 Å². The van der Waals surface area contributed by atoms with Crippen molar-refractivity contribution in [3.63, 3.8) is 0 Å².